The number of halogens is 2. The minimum atomic E-state index is -0.195. The molecule has 1 unspecified atom stereocenters. The molecule has 1 aliphatic heterocycles. The number of guanidine groups is 1. The van der Waals surface area contributed by atoms with Gasteiger partial charge in [0.2, 0.25) is 0 Å². The summed E-state index contributed by atoms with van der Waals surface area (Å²) in [7, 11) is 0. The summed E-state index contributed by atoms with van der Waals surface area (Å²) in [5.74, 6) is 0.804. The minimum Gasteiger partial charge on any atom is -0.361 e. The molecule has 1 saturated heterocycles. The standard InChI is InChI=1S/C21H32FN5.HI/c1-4-23-21(27-12-10-18(15-27)26(5-2)6-3)24-11-9-16-14-25-20-8-7-17(22)13-19(16)20;/h7-8,13-14,18,25H,4-6,9-12,15H2,1-3H3,(H,23,24);1H. The van der Waals surface area contributed by atoms with Gasteiger partial charge in [0.15, 0.2) is 5.96 Å². The normalized spacial score (nSPS) is 17.4. The highest BCUT2D eigenvalue weighted by molar-refractivity contribution is 14.0. The Balaban J connectivity index is 0.00000280. The van der Waals surface area contributed by atoms with Gasteiger partial charge in [-0.25, -0.2) is 4.39 Å². The molecule has 1 atom stereocenters. The highest BCUT2D eigenvalue weighted by Gasteiger charge is 2.27. The molecule has 3 rings (SSSR count). The van der Waals surface area contributed by atoms with Crippen molar-refractivity contribution in [2.45, 2.75) is 39.7 Å². The molecule has 2 heterocycles. The summed E-state index contributed by atoms with van der Waals surface area (Å²) in [6.45, 7) is 12.4. The molecule has 0 amide bonds. The van der Waals surface area contributed by atoms with Gasteiger partial charge in [-0.15, -0.1) is 24.0 Å². The van der Waals surface area contributed by atoms with E-state index >= 15 is 0 Å². The van der Waals surface area contributed by atoms with Crippen molar-refractivity contribution in [1.82, 2.24) is 20.1 Å². The number of aromatic amines is 1. The first-order valence-electron chi connectivity index (χ1n) is 10.2. The van der Waals surface area contributed by atoms with E-state index in [4.69, 9.17) is 4.99 Å². The molecule has 1 aliphatic rings. The number of likely N-dealkylation sites (tertiary alicyclic amines) is 1. The first-order chi connectivity index (χ1) is 13.2. The third kappa shape index (κ3) is 5.37. The van der Waals surface area contributed by atoms with E-state index in [0.717, 1.165) is 61.6 Å². The smallest absolute Gasteiger partial charge is 0.193 e. The zero-order valence-electron chi connectivity index (χ0n) is 17.2. The molecule has 1 aromatic heterocycles. The monoisotopic (exact) mass is 501 g/mol. The third-order valence-electron chi connectivity index (χ3n) is 5.50. The number of nitrogens with one attached hydrogen (secondary N) is 2. The van der Waals surface area contributed by atoms with E-state index in [0.29, 0.717) is 12.6 Å². The van der Waals surface area contributed by atoms with Crippen LogP contribution in [-0.2, 0) is 6.42 Å². The van der Waals surface area contributed by atoms with Crippen LogP contribution in [0.2, 0.25) is 0 Å². The molecule has 0 aliphatic carbocycles. The second-order valence-corrected chi connectivity index (χ2v) is 7.10. The van der Waals surface area contributed by atoms with Gasteiger partial charge in [0.05, 0.1) is 0 Å². The van der Waals surface area contributed by atoms with Crippen molar-refractivity contribution in [3.8, 4) is 0 Å². The summed E-state index contributed by atoms with van der Waals surface area (Å²) in [4.78, 5) is 13.0. The Morgan fingerprint density at radius 1 is 1.32 bits per heavy atom. The Kier molecular flexibility index (Phi) is 9.01. The quantitative estimate of drug-likeness (QED) is 0.344. The van der Waals surface area contributed by atoms with E-state index in [1.165, 1.54) is 12.5 Å². The van der Waals surface area contributed by atoms with E-state index in [9.17, 15) is 4.39 Å². The van der Waals surface area contributed by atoms with Gasteiger partial charge in [-0.3, -0.25) is 9.89 Å². The van der Waals surface area contributed by atoms with Crippen molar-refractivity contribution in [3.05, 3.63) is 35.8 Å². The number of hydrogen-bond donors (Lipinski definition) is 2. The molecule has 156 valence electrons. The topological polar surface area (TPSA) is 46.7 Å². The summed E-state index contributed by atoms with van der Waals surface area (Å²) >= 11 is 0. The van der Waals surface area contributed by atoms with Crippen molar-refractivity contribution in [2.75, 3.05) is 39.3 Å². The van der Waals surface area contributed by atoms with Crippen molar-refractivity contribution in [1.29, 1.82) is 0 Å². The van der Waals surface area contributed by atoms with Crippen molar-refractivity contribution in [3.63, 3.8) is 0 Å². The fourth-order valence-corrected chi connectivity index (χ4v) is 4.04. The Hall–Kier alpha value is -1.35. The van der Waals surface area contributed by atoms with Crippen LogP contribution in [0.15, 0.2) is 29.4 Å². The van der Waals surface area contributed by atoms with Crippen LogP contribution in [0, 0.1) is 5.82 Å². The van der Waals surface area contributed by atoms with Crippen LogP contribution >= 0.6 is 24.0 Å². The minimum absolute atomic E-state index is 0. The highest BCUT2D eigenvalue weighted by atomic mass is 127. The van der Waals surface area contributed by atoms with Crippen LogP contribution in [0.5, 0.6) is 0 Å². The maximum absolute atomic E-state index is 13.5. The van der Waals surface area contributed by atoms with E-state index in [2.05, 4.69) is 40.9 Å². The molecule has 0 spiro atoms. The van der Waals surface area contributed by atoms with E-state index in [1.54, 1.807) is 12.1 Å². The van der Waals surface area contributed by atoms with Crippen molar-refractivity contribution < 1.29 is 4.39 Å². The number of hydrogen-bond acceptors (Lipinski definition) is 2. The number of benzene rings is 1. The fourth-order valence-electron chi connectivity index (χ4n) is 4.04. The Labute approximate surface area is 184 Å². The van der Waals surface area contributed by atoms with Gasteiger partial charge in [0.1, 0.15) is 5.82 Å². The average Bonchev–Trinajstić information content (AvgIpc) is 3.30. The molecule has 2 N–H and O–H groups in total. The van der Waals surface area contributed by atoms with Gasteiger partial charge in [-0.1, -0.05) is 13.8 Å². The number of aliphatic imine (C=N–C) groups is 1. The zero-order chi connectivity index (χ0) is 19.2. The Morgan fingerprint density at radius 2 is 2.11 bits per heavy atom. The number of likely N-dealkylation sites (N-methyl/N-ethyl adjacent to an activating group) is 1. The lowest BCUT2D eigenvalue weighted by molar-refractivity contribution is 0.223. The van der Waals surface area contributed by atoms with Crippen molar-refractivity contribution in [2.24, 2.45) is 4.99 Å². The molecule has 1 aromatic carbocycles. The van der Waals surface area contributed by atoms with Gasteiger partial charge in [-0.05, 0) is 56.6 Å². The highest BCUT2D eigenvalue weighted by Crippen LogP contribution is 2.20. The molecular weight excluding hydrogens is 468 g/mol. The SMILES string of the molecule is CCNC(=NCCc1c[nH]c2ccc(F)cc12)N1CCC(N(CC)CC)C1.I. The van der Waals surface area contributed by atoms with Gasteiger partial charge in [-0.2, -0.15) is 0 Å². The lowest BCUT2D eigenvalue weighted by Gasteiger charge is -2.27. The maximum Gasteiger partial charge on any atom is 0.193 e. The van der Waals surface area contributed by atoms with Gasteiger partial charge < -0.3 is 15.2 Å². The van der Waals surface area contributed by atoms with E-state index < -0.39 is 0 Å². The van der Waals surface area contributed by atoms with Crippen LogP contribution in [0.4, 0.5) is 4.39 Å². The zero-order valence-corrected chi connectivity index (χ0v) is 19.5. The molecule has 5 nitrogen and oxygen atoms in total. The first kappa shape index (κ1) is 22.9. The number of H-pyrrole nitrogens is 1. The Morgan fingerprint density at radius 3 is 2.82 bits per heavy atom. The van der Waals surface area contributed by atoms with Crippen LogP contribution < -0.4 is 5.32 Å². The molecule has 1 fully saturated rings. The predicted octanol–water partition coefficient (Wildman–Crippen LogP) is 3.85. The lowest BCUT2D eigenvalue weighted by atomic mass is 10.1. The fraction of sp³-hybridized carbons (Fsp3) is 0.571. The predicted molar refractivity (Wildman–Crippen MR) is 126 cm³/mol. The number of rotatable bonds is 7. The second kappa shape index (κ2) is 11.0. The molecule has 2 aromatic rings. The molecule has 28 heavy (non-hydrogen) atoms. The summed E-state index contributed by atoms with van der Waals surface area (Å²) in [6.07, 6.45) is 3.96. The molecule has 0 bridgehead atoms. The summed E-state index contributed by atoms with van der Waals surface area (Å²) in [6, 6.07) is 5.49. The lowest BCUT2D eigenvalue weighted by Crippen LogP contribution is -2.43. The Bertz CT molecular complexity index is 771. The van der Waals surface area contributed by atoms with Gasteiger partial charge >= 0.3 is 0 Å². The molecular formula is C21H33FIN5. The second-order valence-electron chi connectivity index (χ2n) is 7.10. The van der Waals surface area contributed by atoms with Gasteiger partial charge in [0, 0.05) is 49.3 Å². The summed E-state index contributed by atoms with van der Waals surface area (Å²) in [5, 5.41) is 4.39. The van der Waals surface area contributed by atoms with Crippen LogP contribution in [0.1, 0.15) is 32.8 Å². The molecule has 7 heteroatoms. The van der Waals surface area contributed by atoms with E-state index in [1.807, 2.05) is 6.20 Å². The first-order valence-corrected chi connectivity index (χ1v) is 10.2. The van der Waals surface area contributed by atoms with Crippen LogP contribution in [0.3, 0.4) is 0 Å². The van der Waals surface area contributed by atoms with Crippen LogP contribution in [0.25, 0.3) is 10.9 Å². The number of fused-ring (bicyclic) bond motifs is 1. The van der Waals surface area contributed by atoms with E-state index in [-0.39, 0.29) is 29.8 Å². The number of aromatic nitrogens is 1. The molecule has 0 saturated carbocycles. The number of nitrogens with zero attached hydrogens (tertiary/aromatic N) is 3. The maximum atomic E-state index is 13.5. The largest absolute Gasteiger partial charge is 0.361 e. The average molecular weight is 501 g/mol. The van der Waals surface area contributed by atoms with Crippen LogP contribution in [-0.4, -0.2) is 66.1 Å². The summed E-state index contributed by atoms with van der Waals surface area (Å²) in [5.41, 5.74) is 2.09. The third-order valence-corrected chi connectivity index (χ3v) is 5.50. The summed E-state index contributed by atoms with van der Waals surface area (Å²) < 4.78 is 13.5. The molecule has 0 radical (unpaired) electrons. The van der Waals surface area contributed by atoms with Crippen molar-refractivity contribution >= 4 is 40.8 Å². The van der Waals surface area contributed by atoms with Gasteiger partial charge in [0.25, 0.3) is 0 Å².